The predicted octanol–water partition coefficient (Wildman–Crippen LogP) is 4.78. The van der Waals surface area contributed by atoms with Crippen molar-refractivity contribution >= 4 is 23.0 Å². The predicted molar refractivity (Wildman–Crippen MR) is 128 cm³/mol. The third-order valence-corrected chi connectivity index (χ3v) is 4.99. The number of nitrogens with zero attached hydrogens (tertiary/aromatic N) is 2. The number of pyridine rings is 1. The maximum atomic E-state index is 13.0. The number of para-hydroxylation sites is 1. The van der Waals surface area contributed by atoms with Crippen LogP contribution in [0.4, 0.5) is 0 Å². The molecule has 0 aliphatic carbocycles. The van der Waals surface area contributed by atoms with Crippen LogP contribution in [0.2, 0.25) is 0 Å². The van der Waals surface area contributed by atoms with Gasteiger partial charge < -0.3 is 14.6 Å². The van der Waals surface area contributed by atoms with E-state index in [1.54, 1.807) is 25.3 Å². The Hall–Kier alpha value is -4.39. The van der Waals surface area contributed by atoms with Gasteiger partial charge in [-0.05, 0) is 55.0 Å². The number of fused-ring (bicyclic) bond motifs is 1. The van der Waals surface area contributed by atoms with Crippen molar-refractivity contribution in [2.24, 2.45) is 5.10 Å². The lowest BCUT2D eigenvalue weighted by molar-refractivity contribution is 0.0956. The number of phenols is 1. The van der Waals surface area contributed by atoms with E-state index in [0.29, 0.717) is 40.4 Å². The van der Waals surface area contributed by atoms with Crippen molar-refractivity contribution in [2.45, 2.75) is 6.92 Å². The summed E-state index contributed by atoms with van der Waals surface area (Å²) >= 11 is 0. The number of methoxy groups -OCH3 is 1. The molecule has 4 rings (SSSR count). The van der Waals surface area contributed by atoms with Crippen LogP contribution >= 0.6 is 0 Å². The minimum Gasteiger partial charge on any atom is -0.504 e. The maximum absolute atomic E-state index is 13.0. The van der Waals surface area contributed by atoms with Crippen molar-refractivity contribution < 1.29 is 19.4 Å². The molecule has 1 aromatic heterocycles. The Morgan fingerprint density at radius 1 is 1.09 bits per heavy atom. The molecular formula is C26H23N3O4. The summed E-state index contributed by atoms with van der Waals surface area (Å²) in [5, 5.41) is 14.6. The molecule has 0 spiro atoms. The molecule has 0 aliphatic heterocycles. The Labute approximate surface area is 191 Å². The Bertz CT molecular complexity index is 1330. The molecule has 0 unspecified atom stereocenters. The van der Waals surface area contributed by atoms with Crippen LogP contribution in [-0.2, 0) is 0 Å². The van der Waals surface area contributed by atoms with Gasteiger partial charge in [-0.15, -0.1) is 0 Å². The van der Waals surface area contributed by atoms with Gasteiger partial charge in [0.25, 0.3) is 5.91 Å². The number of amides is 1. The molecule has 0 bridgehead atoms. The number of hydrogen-bond acceptors (Lipinski definition) is 6. The Balaban J connectivity index is 1.63. The zero-order chi connectivity index (χ0) is 23.2. The van der Waals surface area contributed by atoms with Crippen molar-refractivity contribution in [3.63, 3.8) is 0 Å². The molecule has 4 aromatic rings. The van der Waals surface area contributed by atoms with Crippen LogP contribution in [0.25, 0.3) is 22.2 Å². The van der Waals surface area contributed by atoms with Crippen LogP contribution < -0.4 is 14.9 Å². The largest absolute Gasteiger partial charge is 0.504 e. The number of benzene rings is 3. The first-order valence-corrected chi connectivity index (χ1v) is 10.4. The summed E-state index contributed by atoms with van der Waals surface area (Å²) in [6, 6.07) is 21.6. The van der Waals surface area contributed by atoms with E-state index < -0.39 is 0 Å². The third-order valence-electron chi connectivity index (χ3n) is 4.99. The summed E-state index contributed by atoms with van der Waals surface area (Å²) in [5.41, 5.74) is 5.90. The summed E-state index contributed by atoms with van der Waals surface area (Å²) in [7, 11) is 1.61. The molecule has 2 N–H and O–H groups in total. The fraction of sp³-hybridized carbons (Fsp3) is 0.115. The fourth-order valence-electron chi connectivity index (χ4n) is 3.40. The van der Waals surface area contributed by atoms with Gasteiger partial charge in [-0.25, -0.2) is 10.4 Å². The molecular weight excluding hydrogens is 418 g/mol. The lowest BCUT2D eigenvalue weighted by Crippen LogP contribution is -2.18. The first-order chi connectivity index (χ1) is 16.1. The van der Waals surface area contributed by atoms with Crippen LogP contribution in [0, 0.1) is 0 Å². The highest BCUT2D eigenvalue weighted by molar-refractivity contribution is 6.07. The number of hydrazone groups is 1. The third kappa shape index (κ3) is 4.93. The van der Waals surface area contributed by atoms with Gasteiger partial charge in [0.2, 0.25) is 0 Å². The number of rotatable bonds is 7. The number of hydrogen-bond donors (Lipinski definition) is 2. The van der Waals surface area contributed by atoms with Crippen molar-refractivity contribution in [3.8, 4) is 28.5 Å². The normalized spacial score (nSPS) is 11.0. The Morgan fingerprint density at radius 3 is 2.76 bits per heavy atom. The second-order valence-electron chi connectivity index (χ2n) is 7.16. The van der Waals surface area contributed by atoms with E-state index in [-0.39, 0.29) is 11.7 Å². The SMILES string of the molecule is CCOc1cc(C=NNC(=O)c2cc(-c3cccc(OC)c3)nc3ccccc23)ccc1O. The summed E-state index contributed by atoms with van der Waals surface area (Å²) < 4.78 is 10.7. The second kappa shape index (κ2) is 9.82. The Morgan fingerprint density at radius 2 is 1.94 bits per heavy atom. The molecule has 0 radical (unpaired) electrons. The van der Waals surface area contributed by atoms with Crippen LogP contribution in [-0.4, -0.2) is 35.9 Å². The monoisotopic (exact) mass is 441 g/mol. The van der Waals surface area contributed by atoms with Gasteiger partial charge in [-0.3, -0.25) is 4.79 Å². The van der Waals surface area contributed by atoms with E-state index in [1.165, 1.54) is 12.3 Å². The highest BCUT2D eigenvalue weighted by Gasteiger charge is 2.14. The van der Waals surface area contributed by atoms with E-state index in [1.807, 2.05) is 55.5 Å². The van der Waals surface area contributed by atoms with Crippen molar-refractivity contribution in [1.29, 1.82) is 0 Å². The molecule has 0 saturated heterocycles. The number of carbonyl (C=O) groups is 1. The summed E-state index contributed by atoms with van der Waals surface area (Å²) in [6.45, 7) is 2.26. The lowest BCUT2D eigenvalue weighted by Gasteiger charge is -2.10. The first kappa shape index (κ1) is 21.8. The van der Waals surface area contributed by atoms with Gasteiger partial charge in [-0.2, -0.15) is 5.10 Å². The van der Waals surface area contributed by atoms with Crippen LogP contribution in [0.1, 0.15) is 22.8 Å². The number of aromatic nitrogens is 1. The molecule has 1 amide bonds. The first-order valence-electron chi connectivity index (χ1n) is 10.4. The van der Waals surface area contributed by atoms with E-state index >= 15 is 0 Å². The van der Waals surface area contributed by atoms with Crippen molar-refractivity contribution in [1.82, 2.24) is 10.4 Å². The van der Waals surface area contributed by atoms with Gasteiger partial charge in [0.1, 0.15) is 5.75 Å². The minimum absolute atomic E-state index is 0.0476. The number of carbonyl (C=O) groups excluding carboxylic acids is 1. The highest BCUT2D eigenvalue weighted by Crippen LogP contribution is 2.28. The lowest BCUT2D eigenvalue weighted by atomic mass is 10.0. The zero-order valence-corrected chi connectivity index (χ0v) is 18.3. The molecule has 7 heteroatoms. The highest BCUT2D eigenvalue weighted by atomic mass is 16.5. The summed E-state index contributed by atoms with van der Waals surface area (Å²) in [6.07, 6.45) is 1.49. The summed E-state index contributed by atoms with van der Waals surface area (Å²) in [4.78, 5) is 17.8. The molecule has 7 nitrogen and oxygen atoms in total. The molecule has 0 aliphatic rings. The van der Waals surface area contributed by atoms with Crippen LogP contribution in [0.15, 0.2) is 77.9 Å². The van der Waals surface area contributed by atoms with Gasteiger partial charge in [0.05, 0.1) is 36.7 Å². The molecule has 1 heterocycles. The van der Waals surface area contributed by atoms with Gasteiger partial charge in [0, 0.05) is 10.9 Å². The minimum atomic E-state index is -0.363. The van der Waals surface area contributed by atoms with Gasteiger partial charge in [0.15, 0.2) is 11.5 Å². The van der Waals surface area contributed by atoms with Crippen LogP contribution in [0.3, 0.4) is 0 Å². The molecule has 166 valence electrons. The molecule has 0 fully saturated rings. The standard InChI is InChI=1S/C26H23N3O4/c1-3-33-25-13-17(11-12-24(25)30)16-27-29-26(31)21-15-23(18-7-6-8-19(14-18)32-2)28-22-10-5-4-9-20(21)22/h4-16,30H,3H2,1-2H3,(H,29,31). The quantitative estimate of drug-likeness (QED) is 0.318. The average molecular weight is 441 g/mol. The Kier molecular flexibility index (Phi) is 6.50. The van der Waals surface area contributed by atoms with E-state index in [0.717, 1.165) is 10.9 Å². The average Bonchev–Trinajstić information content (AvgIpc) is 2.85. The maximum Gasteiger partial charge on any atom is 0.272 e. The molecule has 3 aromatic carbocycles. The van der Waals surface area contributed by atoms with Crippen molar-refractivity contribution in [2.75, 3.05) is 13.7 Å². The fourth-order valence-corrected chi connectivity index (χ4v) is 3.40. The number of nitrogens with one attached hydrogen (secondary N) is 1. The number of aromatic hydroxyl groups is 1. The van der Waals surface area contributed by atoms with E-state index in [4.69, 9.17) is 14.5 Å². The van der Waals surface area contributed by atoms with E-state index in [2.05, 4.69) is 10.5 Å². The smallest absolute Gasteiger partial charge is 0.272 e. The topological polar surface area (TPSA) is 93.0 Å². The van der Waals surface area contributed by atoms with Gasteiger partial charge >= 0.3 is 0 Å². The zero-order valence-electron chi connectivity index (χ0n) is 18.3. The summed E-state index contributed by atoms with van der Waals surface area (Å²) in [5.74, 6) is 0.749. The van der Waals surface area contributed by atoms with E-state index in [9.17, 15) is 9.90 Å². The number of phenolic OH excluding ortho intramolecular Hbond substituents is 1. The van der Waals surface area contributed by atoms with Crippen LogP contribution in [0.5, 0.6) is 17.2 Å². The van der Waals surface area contributed by atoms with Gasteiger partial charge in [-0.1, -0.05) is 30.3 Å². The van der Waals surface area contributed by atoms with Crippen molar-refractivity contribution in [3.05, 3.63) is 83.9 Å². The molecule has 0 saturated carbocycles. The molecule has 0 atom stereocenters. The number of ether oxygens (including phenoxy) is 2. The second-order valence-corrected chi connectivity index (χ2v) is 7.16. The molecule has 33 heavy (non-hydrogen) atoms.